The van der Waals surface area contributed by atoms with E-state index in [0.717, 1.165) is 4.90 Å². The van der Waals surface area contributed by atoms with Crippen molar-refractivity contribution in [2.24, 2.45) is 5.92 Å². The molecule has 0 bridgehead atoms. The molecule has 2 aliphatic rings. The zero-order valence-electron chi connectivity index (χ0n) is 15.5. The minimum atomic E-state index is -1.03. The summed E-state index contributed by atoms with van der Waals surface area (Å²) < 4.78 is 16.1. The van der Waals surface area contributed by atoms with E-state index in [2.05, 4.69) is 0 Å². The molecule has 0 unspecified atom stereocenters. The summed E-state index contributed by atoms with van der Waals surface area (Å²) >= 11 is 0. The van der Waals surface area contributed by atoms with Crippen LogP contribution in [0.25, 0.3) is 0 Å². The fraction of sp³-hybridized carbons (Fsp3) is 0.286. The molecule has 2 amide bonds. The molecule has 2 aliphatic heterocycles. The van der Waals surface area contributed by atoms with Crippen molar-refractivity contribution in [3.8, 4) is 17.2 Å². The van der Waals surface area contributed by atoms with Crippen molar-refractivity contribution in [2.45, 2.75) is 26.3 Å². The van der Waals surface area contributed by atoms with Crippen molar-refractivity contribution in [2.75, 3.05) is 6.79 Å². The van der Waals surface area contributed by atoms with Gasteiger partial charge in [0, 0.05) is 6.07 Å². The second-order valence-electron chi connectivity index (χ2n) is 6.79. The first-order valence-electron chi connectivity index (χ1n) is 9.09. The molecule has 2 atom stereocenters. The van der Waals surface area contributed by atoms with Gasteiger partial charge >= 0.3 is 5.97 Å². The van der Waals surface area contributed by atoms with Crippen LogP contribution in [0.4, 0.5) is 0 Å². The Hall–Kier alpha value is -3.35. The second kappa shape index (κ2) is 6.99. The molecule has 0 spiro atoms. The normalized spacial score (nSPS) is 16.7. The van der Waals surface area contributed by atoms with Crippen molar-refractivity contribution < 1.29 is 28.6 Å². The van der Waals surface area contributed by atoms with Crippen molar-refractivity contribution in [3.63, 3.8) is 0 Å². The first kappa shape index (κ1) is 18.0. The summed E-state index contributed by atoms with van der Waals surface area (Å²) in [6.07, 6.45) is 0.592. The van der Waals surface area contributed by atoms with E-state index >= 15 is 0 Å². The van der Waals surface area contributed by atoms with Crippen LogP contribution >= 0.6 is 0 Å². The Labute approximate surface area is 161 Å². The Morgan fingerprint density at radius 2 is 1.71 bits per heavy atom. The van der Waals surface area contributed by atoms with E-state index in [1.807, 2.05) is 13.8 Å². The molecule has 0 aromatic heterocycles. The SMILES string of the molecule is CC[C@H](C)[C@@H](C(=O)Oc1ccc2c(c1)OCO2)N1C(=O)c2ccccc2C1=O. The van der Waals surface area contributed by atoms with E-state index in [1.165, 1.54) is 0 Å². The first-order valence-corrected chi connectivity index (χ1v) is 9.09. The van der Waals surface area contributed by atoms with Gasteiger partial charge in [-0.05, 0) is 30.2 Å². The van der Waals surface area contributed by atoms with Crippen LogP contribution < -0.4 is 14.2 Å². The molecule has 7 heteroatoms. The lowest BCUT2D eigenvalue weighted by atomic mass is 9.97. The van der Waals surface area contributed by atoms with Crippen molar-refractivity contribution in [3.05, 3.63) is 53.6 Å². The number of hydrogen-bond donors (Lipinski definition) is 0. The van der Waals surface area contributed by atoms with E-state index in [0.29, 0.717) is 29.0 Å². The van der Waals surface area contributed by atoms with Crippen molar-refractivity contribution in [1.82, 2.24) is 4.90 Å². The van der Waals surface area contributed by atoms with Crippen molar-refractivity contribution >= 4 is 17.8 Å². The highest BCUT2D eigenvalue weighted by atomic mass is 16.7. The van der Waals surface area contributed by atoms with Gasteiger partial charge in [0.25, 0.3) is 11.8 Å². The van der Waals surface area contributed by atoms with Crippen LogP contribution in [0.5, 0.6) is 17.2 Å². The largest absolute Gasteiger partial charge is 0.454 e. The molecule has 0 N–H and O–H groups in total. The van der Waals surface area contributed by atoms with Gasteiger partial charge in [0.05, 0.1) is 11.1 Å². The highest BCUT2D eigenvalue weighted by molar-refractivity contribution is 6.22. The summed E-state index contributed by atoms with van der Waals surface area (Å²) in [4.78, 5) is 39.7. The highest BCUT2D eigenvalue weighted by Crippen LogP contribution is 2.36. The maximum Gasteiger partial charge on any atom is 0.335 e. The average molecular weight is 381 g/mol. The third-order valence-electron chi connectivity index (χ3n) is 5.09. The quantitative estimate of drug-likeness (QED) is 0.450. The Morgan fingerprint density at radius 3 is 2.36 bits per heavy atom. The first-order chi connectivity index (χ1) is 13.5. The number of fused-ring (bicyclic) bond motifs is 2. The summed E-state index contributed by atoms with van der Waals surface area (Å²) in [5.74, 6) is -0.586. The number of esters is 1. The summed E-state index contributed by atoms with van der Waals surface area (Å²) in [7, 11) is 0. The average Bonchev–Trinajstić information content (AvgIpc) is 3.26. The Morgan fingerprint density at radius 1 is 1.07 bits per heavy atom. The molecule has 28 heavy (non-hydrogen) atoms. The van der Waals surface area contributed by atoms with Crippen LogP contribution in [0, 0.1) is 5.92 Å². The number of hydrogen-bond acceptors (Lipinski definition) is 6. The topological polar surface area (TPSA) is 82.1 Å². The molecule has 7 nitrogen and oxygen atoms in total. The molecule has 2 aromatic carbocycles. The highest BCUT2D eigenvalue weighted by Gasteiger charge is 2.45. The van der Waals surface area contributed by atoms with Crippen LogP contribution in [-0.4, -0.2) is 35.5 Å². The molecule has 2 heterocycles. The fourth-order valence-corrected chi connectivity index (χ4v) is 3.39. The number of nitrogens with zero attached hydrogens (tertiary/aromatic N) is 1. The number of carbonyl (C=O) groups excluding carboxylic acids is 3. The molecule has 0 saturated heterocycles. The van der Waals surface area contributed by atoms with Gasteiger partial charge in [0.1, 0.15) is 11.8 Å². The Balaban J connectivity index is 1.63. The van der Waals surface area contributed by atoms with E-state index in [-0.39, 0.29) is 18.5 Å². The zero-order valence-corrected chi connectivity index (χ0v) is 15.5. The van der Waals surface area contributed by atoms with Crippen LogP contribution in [0.2, 0.25) is 0 Å². The lowest BCUT2D eigenvalue weighted by molar-refractivity contribution is -0.140. The minimum absolute atomic E-state index is 0.108. The van der Waals surface area contributed by atoms with Crippen LogP contribution in [0.3, 0.4) is 0 Å². The van der Waals surface area contributed by atoms with Gasteiger partial charge in [-0.25, -0.2) is 4.79 Å². The third-order valence-corrected chi connectivity index (χ3v) is 5.09. The lowest BCUT2D eigenvalue weighted by Crippen LogP contribution is -2.50. The summed E-state index contributed by atoms with van der Waals surface area (Å²) in [5.41, 5.74) is 0.605. The number of ether oxygens (including phenoxy) is 3. The Kier molecular flexibility index (Phi) is 4.50. The van der Waals surface area contributed by atoms with Gasteiger partial charge in [-0.2, -0.15) is 0 Å². The fourth-order valence-electron chi connectivity index (χ4n) is 3.39. The molecule has 4 rings (SSSR count). The smallest absolute Gasteiger partial charge is 0.335 e. The molecular weight excluding hydrogens is 362 g/mol. The summed E-state index contributed by atoms with van der Waals surface area (Å²) in [5, 5.41) is 0. The predicted octanol–water partition coefficient (Wildman–Crippen LogP) is 3.03. The van der Waals surface area contributed by atoms with E-state index in [1.54, 1.807) is 42.5 Å². The molecular formula is C21H19NO6. The van der Waals surface area contributed by atoms with Crippen LogP contribution in [0.15, 0.2) is 42.5 Å². The maximum absolute atomic E-state index is 13.0. The molecule has 0 radical (unpaired) electrons. The van der Waals surface area contributed by atoms with Gasteiger partial charge in [-0.15, -0.1) is 0 Å². The lowest BCUT2D eigenvalue weighted by Gasteiger charge is -2.28. The van der Waals surface area contributed by atoms with Gasteiger partial charge in [0.2, 0.25) is 6.79 Å². The maximum atomic E-state index is 13.0. The molecule has 0 aliphatic carbocycles. The Bertz CT molecular complexity index is 934. The third kappa shape index (κ3) is 2.89. The second-order valence-corrected chi connectivity index (χ2v) is 6.79. The molecule has 2 aromatic rings. The summed E-state index contributed by atoms with van der Waals surface area (Å²) in [6, 6.07) is 10.3. The monoisotopic (exact) mass is 381 g/mol. The number of imide groups is 1. The van der Waals surface area contributed by atoms with Crippen LogP contribution in [0.1, 0.15) is 41.0 Å². The zero-order chi connectivity index (χ0) is 19.8. The molecule has 0 saturated carbocycles. The van der Waals surface area contributed by atoms with Gasteiger partial charge in [0.15, 0.2) is 11.5 Å². The van der Waals surface area contributed by atoms with Gasteiger partial charge in [-0.1, -0.05) is 32.4 Å². The molecule has 144 valence electrons. The standard InChI is InChI=1S/C21H19NO6/c1-3-12(2)18(22-19(23)14-6-4-5-7-15(14)20(22)24)21(25)28-13-8-9-16-17(10-13)27-11-26-16/h4-10,12,18H,3,11H2,1-2H3/t12-,18-/m0/s1. The van der Waals surface area contributed by atoms with E-state index in [9.17, 15) is 14.4 Å². The number of amides is 2. The van der Waals surface area contributed by atoms with Gasteiger partial charge in [-0.3, -0.25) is 14.5 Å². The number of carbonyl (C=O) groups is 3. The minimum Gasteiger partial charge on any atom is -0.454 e. The van der Waals surface area contributed by atoms with Crippen molar-refractivity contribution in [1.29, 1.82) is 0 Å². The number of benzene rings is 2. The van der Waals surface area contributed by atoms with E-state index < -0.39 is 23.8 Å². The summed E-state index contributed by atoms with van der Waals surface area (Å²) in [6.45, 7) is 3.82. The number of rotatable bonds is 5. The van der Waals surface area contributed by atoms with Crippen LogP contribution in [-0.2, 0) is 4.79 Å². The molecule has 0 fully saturated rings. The van der Waals surface area contributed by atoms with Gasteiger partial charge < -0.3 is 14.2 Å². The predicted molar refractivity (Wildman–Crippen MR) is 98.4 cm³/mol. The van der Waals surface area contributed by atoms with E-state index in [4.69, 9.17) is 14.2 Å².